The third kappa shape index (κ3) is 2.97. The van der Waals surface area contributed by atoms with Crippen molar-refractivity contribution in [2.24, 2.45) is 0 Å². The number of amides is 1. The summed E-state index contributed by atoms with van der Waals surface area (Å²) in [7, 11) is 0. The number of benzene rings is 1. The molecule has 3 aromatic heterocycles. The number of tetrazole rings is 1. The van der Waals surface area contributed by atoms with Crippen LogP contribution in [0.1, 0.15) is 26.6 Å². The van der Waals surface area contributed by atoms with Gasteiger partial charge in [-0.05, 0) is 42.0 Å². The maximum Gasteiger partial charge on any atom is 0.254 e. The lowest BCUT2D eigenvalue weighted by Gasteiger charge is -2.06. The van der Waals surface area contributed by atoms with Gasteiger partial charge in [-0.3, -0.25) is 4.79 Å². The highest BCUT2D eigenvalue weighted by Crippen LogP contribution is 2.30. The molecule has 0 saturated carbocycles. The van der Waals surface area contributed by atoms with E-state index < -0.39 is 0 Å². The monoisotopic (exact) mass is 367 g/mol. The standard InChI is InChI=1S/C17H17N7OS/c1-10-11(2)26-17(24-9-19-22-23-24)15(10)16(25)18-8-7-14-20-12-5-3-4-6-13(12)21-14/h3-6,9H,7-8H2,1-2H3,(H,18,25)(H,20,21). The van der Waals surface area contributed by atoms with E-state index in [1.165, 1.54) is 22.3 Å². The van der Waals surface area contributed by atoms with Crippen molar-refractivity contribution in [3.63, 3.8) is 0 Å². The Morgan fingerprint density at radius 2 is 2.15 bits per heavy atom. The SMILES string of the molecule is Cc1sc(-n2cnnn2)c(C(=O)NCCc2nc3ccccc3[nH]2)c1C. The van der Waals surface area contributed by atoms with E-state index in [0.717, 1.165) is 32.3 Å². The van der Waals surface area contributed by atoms with Crippen molar-refractivity contribution in [1.82, 2.24) is 35.5 Å². The molecule has 0 aliphatic carbocycles. The van der Waals surface area contributed by atoms with Crippen molar-refractivity contribution in [2.45, 2.75) is 20.3 Å². The molecular weight excluding hydrogens is 350 g/mol. The van der Waals surface area contributed by atoms with Gasteiger partial charge in [0.15, 0.2) is 0 Å². The molecule has 0 saturated heterocycles. The number of thiophene rings is 1. The van der Waals surface area contributed by atoms with E-state index in [4.69, 9.17) is 0 Å². The summed E-state index contributed by atoms with van der Waals surface area (Å²) < 4.78 is 1.53. The van der Waals surface area contributed by atoms with Crippen LogP contribution in [0.4, 0.5) is 0 Å². The van der Waals surface area contributed by atoms with Gasteiger partial charge < -0.3 is 10.3 Å². The van der Waals surface area contributed by atoms with Gasteiger partial charge in [-0.2, -0.15) is 4.68 Å². The quantitative estimate of drug-likeness (QED) is 0.563. The molecule has 0 aliphatic heterocycles. The molecule has 0 radical (unpaired) electrons. The van der Waals surface area contributed by atoms with Crippen LogP contribution in [0.2, 0.25) is 0 Å². The van der Waals surface area contributed by atoms with Gasteiger partial charge in [0.05, 0.1) is 16.6 Å². The van der Waals surface area contributed by atoms with Crippen LogP contribution >= 0.6 is 11.3 Å². The molecule has 0 atom stereocenters. The molecule has 0 unspecified atom stereocenters. The van der Waals surface area contributed by atoms with Crippen LogP contribution in [-0.4, -0.2) is 42.6 Å². The van der Waals surface area contributed by atoms with E-state index in [0.29, 0.717) is 18.5 Å². The van der Waals surface area contributed by atoms with Gasteiger partial charge in [-0.25, -0.2) is 4.98 Å². The number of aromatic amines is 1. The lowest BCUT2D eigenvalue weighted by Crippen LogP contribution is -2.27. The Morgan fingerprint density at radius 1 is 1.31 bits per heavy atom. The zero-order chi connectivity index (χ0) is 18.1. The minimum absolute atomic E-state index is 0.131. The molecule has 8 nitrogen and oxygen atoms in total. The molecule has 1 amide bonds. The summed E-state index contributed by atoms with van der Waals surface area (Å²) in [4.78, 5) is 21.6. The molecule has 9 heteroatoms. The van der Waals surface area contributed by atoms with Crippen molar-refractivity contribution >= 4 is 28.3 Å². The van der Waals surface area contributed by atoms with Gasteiger partial charge in [0, 0.05) is 17.8 Å². The van der Waals surface area contributed by atoms with E-state index in [1.54, 1.807) is 0 Å². The summed E-state index contributed by atoms with van der Waals surface area (Å²) in [5.41, 5.74) is 3.49. The average molecular weight is 367 g/mol. The first-order valence-electron chi connectivity index (χ1n) is 8.18. The van der Waals surface area contributed by atoms with Crippen molar-refractivity contribution in [3.8, 4) is 5.00 Å². The molecule has 4 rings (SSSR count). The number of hydrogen-bond donors (Lipinski definition) is 2. The molecule has 3 heterocycles. The second-order valence-electron chi connectivity index (χ2n) is 5.92. The number of imidazole rings is 1. The number of nitrogens with zero attached hydrogens (tertiary/aromatic N) is 5. The number of aromatic nitrogens is 6. The zero-order valence-electron chi connectivity index (χ0n) is 14.4. The minimum Gasteiger partial charge on any atom is -0.351 e. The molecule has 2 N–H and O–H groups in total. The van der Waals surface area contributed by atoms with Gasteiger partial charge >= 0.3 is 0 Å². The zero-order valence-corrected chi connectivity index (χ0v) is 15.2. The molecule has 0 spiro atoms. The second kappa shape index (κ2) is 6.68. The van der Waals surface area contributed by atoms with Crippen molar-refractivity contribution in [1.29, 1.82) is 0 Å². The summed E-state index contributed by atoms with van der Waals surface area (Å²) in [6.45, 7) is 4.41. The predicted octanol–water partition coefficient (Wildman–Crippen LogP) is 2.19. The fourth-order valence-electron chi connectivity index (χ4n) is 2.80. The van der Waals surface area contributed by atoms with E-state index in [1.807, 2.05) is 38.1 Å². The van der Waals surface area contributed by atoms with Crippen LogP contribution in [0.15, 0.2) is 30.6 Å². The lowest BCUT2D eigenvalue weighted by molar-refractivity contribution is 0.0953. The highest BCUT2D eigenvalue weighted by atomic mass is 32.1. The number of nitrogens with one attached hydrogen (secondary N) is 2. The Bertz CT molecular complexity index is 1030. The van der Waals surface area contributed by atoms with E-state index in [9.17, 15) is 4.79 Å². The lowest BCUT2D eigenvalue weighted by atomic mass is 10.1. The number of carbonyl (C=O) groups is 1. The molecule has 1 aromatic carbocycles. The maximum absolute atomic E-state index is 12.7. The second-order valence-corrected chi connectivity index (χ2v) is 7.13. The first-order valence-corrected chi connectivity index (χ1v) is 9.00. The molecule has 0 aliphatic rings. The number of carbonyl (C=O) groups excluding carboxylic acids is 1. The van der Waals surface area contributed by atoms with E-state index >= 15 is 0 Å². The molecule has 0 bridgehead atoms. The number of para-hydroxylation sites is 2. The van der Waals surface area contributed by atoms with Crippen LogP contribution < -0.4 is 5.32 Å². The third-order valence-electron chi connectivity index (χ3n) is 4.24. The number of aryl methyl sites for hydroxylation is 1. The number of hydrogen-bond acceptors (Lipinski definition) is 6. The Morgan fingerprint density at radius 3 is 2.92 bits per heavy atom. The van der Waals surface area contributed by atoms with E-state index in [2.05, 4.69) is 30.8 Å². The van der Waals surface area contributed by atoms with Crippen LogP contribution in [0.25, 0.3) is 16.0 Å². The molecule has 0 fully saturated rings. The van der Waals surface area contributed by atoms with Crippen LogP contribution in [0, 0.1) is 13.8 Å². The molecule has 4 aromatic rings. The molecule has 26 heavy (non-hydrogen) atoms. The highest BCUT2D eigenvalue weighted by Gasteiger charge is 2.21. The van der Waals surface area contributed by atoms with Crippen molar-refractivity contribution in [2.75, 3.05) is 6.54 Å². The molecular formula is C17H17N7OS. The largest absolute Gasteiger partial charge is 0.351 e. The summed E-state index contributed by atoms with van der Waals surface area (Å²) in [5, 5.41) is 14.9. The maximum atomic E-state index is 12.7. The Labute approximate surface area is 153 Å². The van der Waals surface area contributed by atoms with E-state index in [-0.39, 0.29) is 5.91 Å². The predicted molar refractivity (Wildman–Crippen MR) is 98.6 cm³/mol. The first-order chi connectivity index (χ1) is 12.6. The normalized spacial score (nSPS) is 11.2. The number of fused-ring (bicyclic) bond motifs is 1. The van der Waals surface area contributed by atoms with Crippen LogP contribution in [-0.2, 0) is 6.42 Å². The van der Waals surface area contributed by atoms with Crippen LogP contribution in [0.5, 0.6) is 0 Å². The van der Waals surface area contributed by atoms with Gasteiger partial charge in [0.2, 0.25) is 0 Å². The van der Waals surface area contributed by atoms with Gasteiger partial charge in [-0.15, -0.1) is 16.4 Å². The highest BCUT2D eigenvalue weighted by molar-refractivity contribution is 7.15. The van der Waals surface area contributed by atoms with Crippen LogP contribution in [0.3, 0.4) is 0 Å². The fourth-order valence-corrected chi connectivity index (χ4v) is 3.87. The summed E-state index contributed by atoms with van der Waals surface area (Å²) in [6, 6.07) is 7.87. The number of H-pyrrole nitrogens is 1. The first kappa shape index (κ1) is 16.4. The summed E-state index contributed by atoms with van der Waals surface area (Å²) in [6.07, 6.45) is 2.12. The Hall–Kier alpha value is -3.07. The topological polar surface area (TPSA) is 101 Å². The average Bonchev–Trinajstić information content (AvgIpc) is 3.34. The van der Waals surface area contributed by atoms with Crippen molar-refractivity contribution < 1.29 is 4.79 Å². The Kier molecular flexibility index (Phi) is 4.21. The molecule has 132 valence electrons. The minimum atomic E-state index is -0.131. The smallest absolute Gasteiger partial charge is 0.254 e. The van der Waals surface area contributed by atoms with Gasteiger partial charge in [-0.1, -0.05) is 12.1 Å². The summed E-state index contributed by atoms with van der Waals surface area (Å²) >= 11 is 1.50. The fraction of sp³-hybridized carbons (Fsp3) is 0.235. The van der Waals surface area contributed by atoms with Gasteiger partial charge in [0.25, 0.3) is 5.91 Å². The summed E-state index contributed by atoms with van der Waals surface area (Å²) in [5.74, 6) is 0.721. The Balaban J connectivity index is 1.48. The van der Waals surface area contributed by atoms with Gasteiger partial charge in [0.1, 0.15) is 17.2 Å². The third-order valence-corrected chi connectivity index (χ3v) is 5.43. The number of rotatable bonds is 5. The van der Waals surface area contributed by atoms with Crippen molar-refractivity contribution in [3.05, 3.63) is 52.4 Å².